The lowest BCUT2D eigenvalue weighted by molar-refractivity contribution is 0.938. The molecule has 3 rings (SSSR count). The summed E-state index contributed by atoms with van der Waals surface area (Å²) < 4.78 is 1.97. The molecule has 0 unspecified atom stereocenters. The van der Waals surface area contributed by atoms with Crippen LogP contribution in [0.5, 0.6) is 0 Å². The monoisotopic (exact) mass is 224 g/mol. The van der Waals surface area contributed by atoms with Crippen LogP contribution in [0.15, 0.2) is 48.8 Å². The first-order valence-electron chi connectivity index (χ1n) is 5.47. The molecule has 0 saturated carbocycles. The second kappa shape index (κ2) is 3.99. The number of nitrogens with two attached hydrogens (primary N) is 1. The van der Waals surface area contributed by atoms with Gasteiger partial charge in [-0.05, 0) is 24.3 Å². The number of nitrogens with zero attached hydrogens (tertiary/aromatic N) is 3. The van der Waals surface area contributed by atoms with Crippen LogP contribution in [0.4, 0.5) is 0 Å². The number of fused-ring (bicyclic) bond motifs is 1. The van der Waals surface area contributed by atoms with Gasteiger partial charge < -0.3 is 5.73 Å². The molecule has 4 heteroatoms. The molecule has 0 aliphatic carbocycles. The summed E-state index contributed by atoms with van der Waals surface area (Å²) in [4.78, 5) is 8.82. The summed E-state index contributed by atoms with van der Waals surface area (Å²) in [7, 11) is 0. The average molecular weight is 224 g/mol. The summed E-state index contributed by atoms with van der Waals surface area (Å²) >= 11 is 0. The maximum atomic E-state index is 5.60. The summed E-state index contributed by atoms with van der Waals surface area (Å²) in [6.07, 6.45) is 1.79. The number of hydrogen-bond donors (Lipinski definition) is 1. The molecular formula is C13H12N4. The molecule has 2 heterocycles. The Morgan fingerprint density at radius 1 is 1.06 bits per heavy atom. The van der Waals surface area contributed by atoms with E-state index in [1.165, 1.54) is 0 Å². The van der Waals surface area contributed by atoms with Gasteiger partial charge in [0.1, 0.15) is 12.1 Å². The fourth-order valence-corrected chi connectivity index (χ4v) is 1.86. The van der Waals surface area contributed by atoms with Crippen molar-refractivity contribution in [1.82, 2.24) is 14.5 Å². The third-order valence-corrected chi connectivity index (χ3v) is 2.70. The van der Waals surface area contributed by atoms with Gasteiger partial charge in [-0.15, -0.1) is 0 Å². The zero-order valence-corrected chi connectivity index (χ0v) is 9.24. The Bertz CT molecular complexity index is 657. The van der Waals surface area contributed by atoms with Gasteiger partial charge in [0.2, 0.25) is 0 Å². The molecule has 0 radical (unpaired) electrons. The van der Waals surface area contributed by atoms with Gasteiger partial charge in [0.15, 0.2) is 0 Å². The maximum absolute atomic E-state index is 5.60. The Hall–Kier alpha value is -2.20. The van der Waals surface area contributed by atoms with Crippen molar-refractivity contribution in [3.8, 4) is 5.82 Å². The fourth-order valence-electron chi connectivity index (χ4n) is 1.86. The molecule has 3 aromatic rings. The summed E-state index contributed by atoms with van der Waals surface area (Å²) in [5, 5.41) is 0. The number of rotatable bonds is 2. The lowest BCUT2D eigenvalue weighted by Crippen LogP contribution is -2.03. The van der Waals surface area contributed by atoms with E-state index < -0.39 is 0 Å². The minimum absolute atomic E-state index is 0.445. The van der Waals surface area contributed by atoms with Crippen molar-refractivity contribution in [1.29, 1.82) is 0 Å². The topological polar surface area (TPSA) is 56.7 Å². The van der Waals surface area contributed by atoms with Gasteiger partial charge in [-0.1, -0.05) is 18.2 Å². The van der Waals surface area contributed by atoms with Gasteiger partial charge in [0, 0.05) is 6.54 Å². The summed E-state index contributed by atoms with van der Waals surface area (Å²) in [6.45, 7) is 0.445. The third kappa shape index (κ3) is 1.68. The Morgan fingerprint density at radius 3 is 2.82 bits per heavy atom. The third-order valence-electron chi connectivity index (χ3n) is 2.70. The standard InChI is InChI=1S/C13H12N4/c14-8-10-4-3-7-13(16-10)17-9-15-11-5-1-2-6-12(11)17/h1-7,9H,8,14H2. The van der Waals surface area contributed by atoms with Crippen molar-refractivity contribution < 1.29 is 0 Å². The van der Waals surface area contributed by atoms with Crippen LogP contribution in [0.25, 0.3) is 16.9 Å². The van der Waals surface area contributed by atoms with Gasteiger partial charge >= 0.3 is 0 Å². The van der Waals surface area contributed by atoms with E-state index in [4.69, 9.17) is 5.73 Å². The van der Waals surface area contributed by atoms with Gasteiger partial charge in [-0.3, -0.25) is 4.57 Å². The van der Waals surface area contributed by atoms with E-state index in [2.05, 4.69) is 9.97 Å². The van der Waals surface area contributed by atoms with Crippen molar-refractivity contribution in [2.75, 3.05) is 0 Å². The van der Waals surface area contributed by atoms with Gasteiger partial charge in [-0.2, -0.15) is 0 Å². The van der Waals surface area contributed by atoms with Crippen LogP contribution in [-0.2, 0) is 6.54 Å². The molecule has 2 aromatic heterocycles. The van der Waals surface area contributed by atoms with Crippen molar-refractivity contribution in [2.45, 2.75) is 6.54 Å². The first-order valence-corrected chi connectivity index (χ1v) is 5.47. The van der Waals surface area contributed by atoms with E-state index in [1.54, 1.807) is 6.33 Å². The van der Waals surface area contributed by atoms with E-state index >= 15 is 0 Å². The normalized spacial score (nSPS) is 10.9. The molecule has 0 saturated heterocycles. The fraction of sp³-hybridized carbons (Fsp3) is 0.0769. The Kier molecular flexibility index (Phi) is 2.34. The minimum atomic E-state index is 0.445. The molecule has 4 nitrogen and oxygen atoms in total. The number of imidazole rings is 1. The van der Waals surface area contributed by atoms with Crippen molar-refractivity contribution in [3.63, 3.8) is 0 Å². The molecular weight excluding hydrogens is 212 g/mol. The van der Waals surface area contributed by atoms with Crippen LogP contribution in [0, 0.1) is 0 Å². The molecule has 0 atom stereocenters. The largest absolute Gasteiger partial charge is 0.325 e. The number of aromatic nitrogens is 3. The zero-order valence-electron chi connectivity index (χ0n) is 9.24. The van der Waals surface area contributed by atoms with Crippen LogP contribution >= 0.6 is 0 Å². The van der Waals surface area contributed by atoms with Crippen molar-refractivity contribution in [2.24, 2.45) is 5.73 Å². The predicted molar refractivity (Wildman–Crippen MR) is 66.8 cm³/mol. The second-order valence-electron chi connectivity index (χ2n) is 3.79. The number of hydrogen-bond acceptors (Lipinski definition) is 3. The van der Waals surface area contributed by atoms with E-state index in [-0.39, 0.29) is 0 Å². The quantitative estimate of drug-likeness (QED) is 0.723. The van der Waals surface area contributed by atoms with Crippen LogP contribution in [0.1, 0.15) is 5.69 Å². The smallest absolute Gasteiger partial charge is 0.138 e. The number of benzene rings is 1. The first-order chi connectivity index (χ1) is 8.38. The molecule has 1 aromatic carbocycles. The molecule has 84 valence electrons. The van der Waals surface area contributed by atoms with Crippen LogP contribution < -0.4 is 5.73 Å². The molecule has 0 bridgehead atoms. The van der Waals surface area contributed by atoms with E-state index in [9.17, 15) is 0 Å². The highest BCUT2D eigenvalue weighted by atomic mass is 15.1. The highest BCUT2D eigenvalue weighted by molar-refractivity contribution is 5.76. The summed E-state index contributed by atoms with van der Waals surface area (Å²) in [6, 6.07) is 13.8. The second-order valence-corrected chi connectivity index (χ2v) is 3.79. The number of pyridine rings is 1. The van der Waals surface area contributed by atoms with Gasteiger partial charge in [0.05, 0.1) is 16.7 Å². The maximum Gasteiger partial charge on any atom is 0.138 e. The molecule has 0 aliphatic rings. The van der Waals surface area contributed by atoms with Crippen LogP contribution in [0.2, 0.25) is 0 Å². The van der Waals surface area contributed by atoms with E-state index in [1.807, 2.05) is 47.0 Å². The SMILES string of the molecule is NCc1cccc(-n2cnc3ccccc32)n1. The van der Waals surface area contributed by atoms with Crippen LogP contribution in [0.3, 0.4) is 0 Å². The van der Waals surface area contributed by atoms with E-state index in [0.717, 1.165) is 22.5 Å². The molecule has 0 fully saturated rings. The molecule has 17 heavy (non-hydrogen) atoms. The predicted octanol–water partition coefficient (Wildman–Crippen LogP) is 1.88. The lowest BCUT2D eigenvalue weighted by atomic mass is 10.3. The Labute approximate surface area is 98.7 Å². The van der Waals surface area contributed by atoms with Crippen molar-refractivity contribution >= 4 is 11.0 Å². The van der Waals surface area contributed by atoms with Crippen molar-refractivity contribution in [3.05, 3.63) is 54.5 Å². The Balaban J connectivity index is 2.20. The lowest BCUT2D eigenvalue weighted by Gasteiger charge is -2.04. The Morgan fingerprint density at radius 2 is 1.94 bits per heavy atom. The van der Waals surface area contributed by atoms with Crippen LogP contribution in [-0.4, -0.2) is 14.5 Å². The first kappa shape index (κ1) is 9.99. The molecule has 0 aliphatic heterocycles. The highest BCUT2D eigenvalue weighted by Gasteiger charge is 2.04. The molecule has 0 amide bonds. The summed E-state index contributed by atoms with van der Waals surface area (Å²) in [5.74, 6) is 0.849. The van der Waals surface area contributed by atoms with Gasteiger partial charge in [0.25, 0.3) is 0 Å². The summed E-state index contributed by atoms with van der Waals surface area (Å²) in [5.41, 5.74) is 8.49. The van der Waals surface area contributed by atoms with Gasteiger partial charge in [-0.25, -0.2) is 9.97 Å². The zero-order chi connectivity index (χ0) is 11.7. The average Bonchev–Trinajstić information content (AvgIpc) is 2.82. The molecule has 2 N–H and O–H groups in total. The van der Waals surface area contributed by atoms with E-state index in [0.29, 0.717) is 6.54 Å². The highest BCUT2D eigenvalue weighted by Crippen LogP contribution is 2.16. The number of para-hydroxylation sites is 2. The molecule has 0 spiro atoms. The minimum Gasteiger partial charge on any atom is -0.325 e.